The van der Waals surface area contributed by atoms with Crippen LogP contribution in [0, 0.1) is 12.8 Å². The monoisotopic (exact) mass is 432 g/mol. The average Bonchev–Trinajstić information content (AvgIpc) is 3.29. The van der Waals surface area contributed by atoms with Crippen LogP contribution < -0.4 is 5.32 Å². The highest BCUT2D eigenvalue weighted by molar-refractivity contribution is 7.22. The van der Waals surface area contributed by atoms with Crippen LogP contribution in [-0.4, -0.2) is 10.9 Å². The molecular weight excluding hydrogens is 408 g/mol. The van der Waals surface area contributed by atoms with Gasteiger partial charge in [0.2, 0.25) is 5.91 Å². The van der Waals surface area contributed by atoms with Crippen molar-refractivity contribution in [1.29, 1.82) is 0 Å². The Morgan fingerprint density at radius 1 is 1.13 bits per heavy atom. The van der Waals surface area contributed by atoms with E-state index in [2.05, 4.69) is 49.5 Å². The number of thiazole rings is 1. The van der Waals surface area contributed by atoms with Crippen molar-refractivity contribution in [2.45, 2.75) is 39.5 Å². The van der Waals surface area contributed by atoms with Crippen molar-refractivity contribution in [3.63, 3.8) is 0 Å². The second-order valence-corrected chi connectivity index (χ2v) is 10.4. The molecule has 1 atom stereocenters. The van der Waals surface area contributed by atoms with E-state index in [1.165, 1.54) is 27.1 Å². The number of carbonyl (C=O) groups excluding carboxylic acids is 1. The Morgan fingerprint density at radius 3 is 2.73 bits per heavy atom. The molecule has 1 N–H and O–H groups in total. The van der Waals surface area contributed by atoms with Gasteiger partial charge in [0.1, 0.15) is 10.0 Å². The highest BCUT2D eigenvalue weighted by atomic mass is 32.1. The van der Waals surface area contributed by atoms with E-state index in [0.29, 0.717) is 12.3 Å². The smallest absolute Gasteiger partial charge is 0.229 e. The molecule has 5 rings (SSSR count). The summed E-state index contributed by atoms with van der Waals surface area (Å²) in [6.07, 6.45) is 3.73. The molecule has 30 heavy (non-hydrogen) atoms. The van der Waals surface area contributed by atoms with E-state index < -0.39 is 0 Å². The number of aryl methyl sites for hydroxylation is 1. The number of aromatic nitrogens is 1. The molecule has 4 aromatic rings. The van der Waals surface area contributed by atoms with Gasteiger partial charge in [-0.05, 0) is 55.4 Å². The highest BCUT2D eigenvalue weighted by Crippen LogP contribution is 2.47. The van der Waals surface area contributed by atoms with Crippen molar-refractivity contribution >= 4 is 43.8 Å². The van der Waals surface area contributed by atoms with Gasteiger partial charge in [-0.1, -0.05) is 48.9 Å². The quantitative estimate of drug-likeness (QED) is 0.393. The topological polar surface area (TPSA) is 42.0 Å². The number of nitrogens with one attached hydrogen (secondary N) is 1. The van der Waals surface area contributed by atoms with Crippen LogP contribution in [0.5, 0.6) is 0 Å². The molecule has 0 saturated carbocycles. The maximum absolute atomic E-state index is 12.9. The number of anilines is 1. The van der Waals surface area contributed by atoms with Crippen LogP contribution in [0.15, 0.2) is 48.5 Å². The third kappa shape index (κ3) is 3.80. The van der Waals surface area contributed by atoms with Gasteiger partial charge in [0.25, 0.3) is 0 Å². The summed E-state index contributed by atoms with van der Waals surface area (Å²) >= 11 is 3.47. The zero-order valence-electron chi connectivity index (χ0n) is 17.2. The molecule has 0 spiro atoms. The maximum atomic E-state index is 12.9. The third-order valence-corrected chi connectivity index (χ3v) is 7.98. The fourth-order valence-electron chi connectivity index (χ4n) is 4.11. The molecule has 5 heteroatoms. The van der Waals surface area contributed by atoms with Crippen LogP contribution in [0.4, 0.5) is 5.00 Å². The van der Waals surface area contributed by atoms with Crippen molar-refractivity contribution in [2.75, 3.05) is 5.32 Å². The molecule has 2 aromatic heterocycles. The summed E-state index contributed by atoms with van der Waals surface area (Å²) in [6.45, 7) is 4.38. The number of rotatable bonds is 4. The van der Waals surface area contributed by atoms with Gasteiger partial charge < -0.3 is 5.32 Å². The first kappa shape index (κ1) is 19.5. The van der Waals surface area contributed by atoms with Crippen molar-refractivity contribution in [3.05, 3.63) is 70.1 Å². The summed E-state index contributed by atoms with van der Waals surface area (Å²) < 4.78 is 1.19. The SMILES string of the molecule is Cc1ccc(CC(=O)Nc2sc3c(c2-c2nc4ccccc4s2)CCC(C)C3)cc1. The van der Waals surface area contributed by atoms with Gasteiger partial charge in [-0.25, -0.2) is 4.98 Å². The highest BCUT2D eigenvalue weighted by Gasteiger charge is 2.27. The molecule has 0 bridgehead atoms. The summed E-state index contributed by atoms with van der Waals surface area (Å²) in [5, 5.41) is 5.22. The Hall–Kier alpha value is -2.50. The maximum Gasteiger partial charge on any atom is 0.229 e. The van der Waals surface area contributed by atoms with Gasteiger partial charge in [0.05, 0.1) is 16.6 Å². The van der Waals surface area contributed by atoms with Crippen LogP contribution in [0.3, 0.4) is 0 Å². The lowest BCUT2D eigenvalue weighted by Crippen LogP contribution is -2.14. The fraction of sp³-hybridized carbons (Fsp3) is 0.280. The Bertz CT molecular complexity index is 1190. The first-order chi connectivity index (χ1) is 14.6. The molecule has 2 aromatic carbocycles. The summed E-state index contributed by atoms with van der Waals surface area (Å²) in [4.78, 5) is 19.2. The van der Waals surface area contributed by atoms with E-state index in [9.17, 15) is 4.79 Å². The second-order valence-electron chi connectivity index (χ2n) is 8.25. The summed E-state index contributed by atoms with van der Waals surface area (Å²) in [5.41, 5.74) is 5.81. The van der Waals surface area contributed by atoms with Crippen LogP contribution in [0.1, 0.15) is 34.9 Å². The van der Waals surface area contributed by atoms with Crippen LogP contribution in [0.25, 0.3) is 20.8 Å². The Kier molecular flexibility index (Phi) is 5.17. The van der Waals surface area contributed by atoms with Gasteiger partial charge in [-0.2, -0.15) is 0 Å². The Morgan fingerprint density at radius 2 is 1.93 bits per heavy atom. The summed E-state index contributed by atoms with van der Waals surface area (Å²) in [7, 11) is 0. The summed E-state index contributed by atoms with van der Waals surface area (Å²) in [5.74, 6) is 0.725. The lowest BCUT2D eigenvalue weighted by molar-refractivity contribution is -0.115. The number of thiophene rings is 1. The number of hydrogen-bond donors (Lipinski definition) is 1. The number of nitrogens with zero attached hydrogens (tertiary/aromatic N) is 1. The minimum absolute atomic E-state index is 0.0351. The van der Waals surface area contributed by atoms with Crippen LogP contribution in [-0.2, 0) is 24.1 Å². The fourth-order valence-corrected chi connectivity index (χ4v) is 6.64. The number of amides is 1. The van der Waals surface area contributed by atoms with Crippen LogP contribution in [0.2, 0.25) is 0 Å². The molecule has 1 amide bonds. The predicted molar refractivity (Wildman–Crippen MR) is 128 cm³/mol. The summed E-state index contributed by atoms with van der Waals surface area (Å²) in [6, 6.07) is 16.4. The Labute approximate surface area is 184 Å². The van der Waals surface area contributed by atoms with Crippen molar-refractivity contribution < 1.29 is 4.79 Å². The lowest BCUT2D eigenvalue weighted by atomic mass is 9.88. The third-order valence-electron chi connectivity index (χ3n) is 5.76. The van der Waals surface area contributed by atoms with E-state index in [0.717, 1.165) is 39.5 Å². The molecule has 1 aliphatic rings. The zero-order chi connectivity index (χ0) is 20.7. The normalized spacial score (nSPS) is 15.9. The van der Waals surface area contributed by atoms with E-state index in [1.807, 2.05) is 18.2 Å². The van der Waals surface area contributed by atoms with Crippen LogP contribution >= 0.6 is 22.7 Å². The first-order valence-corrected chi connectivity index (χ1v) is 12.1. The van der Waals surface area contributed by atoms with E-state index >= 15 is 0 Å². The largest absolute Gasteiger partial charge is 0.317 e. The van der Waals surface area contributed by atoms with Gasteiger partial charge in [0, 0.05) is 10.4 Å². The molecule has 0 fully saturated rings. The molecule has 0 saturated heterocycles. The van der Waals surface area contributed by atoms with Gasteiger partial charge in [-0.15, -0.1) is 22.7 Å². The molecule has 1 aliphatic carbocycles. The van der Waals surface area contributed by atoms with Gasteiger partial charge >= 0.3 is 0 Å². The van der Waals surface area contributed by atoms with E-state index in [1.54, 1.807) is 22.7 Å². The molecule has 2 heterocycles. The number of para-hydroxylation sites is 1. The molecule has 152 valence electrons. The minimum atomic E-state index is 0.0351. The molecule has 0 aliphatic heterocycles. The Balaban J connectivity index is 1.50. The molecule has 0 radical (unpaired) electrons. The van der Waals surface area contributed by atoms with Gasteiger partial charge in [0.15, 0.2) is 0 Å². The molecular formula is C25H24N2OS2. The van der Waals surface area contributed by atoms with E-state index in [-0.39, 0.29) is 5.91 Å². The predicted octanol–water partition coefficient (Wildman–Crippen LogP) is 6.64. The zero-order valence-corrected chi connectivity index (χ0v) is 18.8. The van der Waals surface area contributed by atoms with Gasteiger partial charge in [-0.3, -0.25) is 4.79 Å². The number of carbonyl (C=O) groups is 1. The lowest BCUT2D eigenvalue weighted by Gasteiger charge is -2.18. The number of hydrogen-bond acceptors (Lipinski definition) is 4. The average molecular weight is 433 g/mol. The van der Waals surface area contributed by atoms with Crippen molar-refractivity contribution in [2.24, 2.45) is 5.92 Å². The first-order valence-electron chi connectivity index (χ1n) is 10.4. The minimum Gasteiger partial charge on any atom is -0.317 e. The number of benzene rings is 2. The van der Waals surface area contributed by atoms with E-state index in [4.69, 9.17) is 4.98 Å². The standard InChI is InChI=1S/C25H24N2OS2/c1-15-7-10-17(11-8-15)14-22(28)27-25-23(18-12-9-16(2)13-21(18)30-25)24-26-19-5-3-4-6-20(19)29-24/h3-8,10-11,16H,9,12-14H2,1-2H3,(H,27,28). The molecule has 3 nitrogen and oxygen atoms in total. The second kappa shape index (κ2) is 7.97. The van der Waals surface area contributed by atoms with Crippen molar-refractivity contribution in [3.8, 4) is 10.6 Å². The number of fused-ring (bicyclic) bond motifs is 2. The molecule has 1 unspecified atom stereocenters. The van der Waals surface area contributed by atoms with Crippen molar-refractivity contribution in [1.82, 2.24) is 4.98 Å².